The molecule has 146 valence electrons. The Bertz CT molecular complexity index is 1090. The van der Waals surface area contributed by atoms with Crippen molar-refractivity contribution >= 4 is 40.3 Å². The van der Waals surface area contributed by atoms with Crippen molar-refractivity contribution in [3.63, 3.8) is 0 Å². The van der Waals surface area contributed by atoms with E-state index in [0.29, 0.717) is 22.7 Å². The topological polar surface area (TPSA) is 83.6 Å². The standard InChI is InChI=1S/C21H18N4O3S/c26-20-12-28-17-9-13(1-3-16(17)24-20)21(27)23-15-2-4-19(22-10-15)25-7-5-18-14(11-25)6-8-29-18/h1-4,6,8-10H,5,7,11-12H2,(H,23,27)(H,24,26). The Morgan fingerprint density at radius 3 is 3.03 bits per heavy atom. The third kappa shape index (κ3) is 3.54. The lowest BCUT2D eigenvalue weighted by Crippen LogP contribution is -2.30. The van der Waals surface area contributed by atoms with Gasteiger partial charge in [0, 0.05) is 23.5 Å². The molecule has 0 bridgehead atoms. The highest BCUT2D eigenvalue weighted by atomic mass is 32.1. The molecule has 0 aliphatic carbocycles. The van der Waals surface area contributed by atoms with Gasteiger partial charge in [0.15, 0.2) is 6.61 Å². The second kappa shape index (κ2) is 7.21. The Morgan fingerprint density at radius 1 is 1.24 bits per heavy atom. The molecule has 2 amide bonds. The molecule has 2 N–H and O–H groups in total. The predicted molar refractivity (Wildman–Crippen MR) is 112 cm³/mol. The van der Waals surface area contributed by atoms with Crippen LogP contribution in [0.3, 0.4) is 0 Å². The smallest absolute Gasteiger partial charge is 0.262 e. The van der Waals surface area contributed by atoms with Crippen LogP contribution < -0.4 is 20.3 Å². The molecule has 0 atom stereocenters. The van der Waals surface area contributed by atoms with Crippen molar-refractivity contribution in [2.24, 2.45) is 0 Å². The first kappa shape index (κ1) is 17.7. The van der Waals surface area contributed by atoms with Crippen molar-refractivity contribution in [3.8, 4) is 5.75 Å². The predicted octanol–water partition coefficient (Wildman–Crippen LogP) is 3.29. The number of thiophene rings is 1. The van der Waals surface area contributed by atoms with E-state index in [9.17, 15) is 9.59 Å². The van der Waals surface area contributed by atoms with Gasteiger partial charge in [0.1, 0.15) is 11.6 Å². The summed E-state index contributed by atoms with van der Waals surface area (Å²) in [6.45, 7) is 1.76. The molecule has 1 aromatic carbocycles. The number of ether oxygens (including phenoxy) is 1. The Morgan fingerprint density at radius 2 is 2.17 bits per heavy atom. The highest BCUT2D eigenvalue weighted by molar-refractivity contribution is 7.10. The van der Waals surface area contributed by atoms with Crippen LogP contribution in [0.15, 0.2) is 48.0 Å². The van der Waals surface area contributed by atoms with E-state index in [4.69, 9.17) is 4.74 Å². The second-order valence-corrected chi connectivity index (χ2v) is 7.95. The summed E-state index contributed by atoms with van der Waals surface area (Å²) in [6, 6.07) is 10.9. The number of nitrogens with one attached hydrogen (secondary N) is 2. The monoisotopic (exact) mass is 406 g/mol. The number of hydrogen-bond donors (Lipinski definition) is 2. The zero-order valence-electron chi connectivity index (χ0n) is 15.5. The van der Waals surface area contributed by atoms with Crippen LogP contribution >= 0.6 is 11.3 Å². The fourth-order valence-electron chi connectivity index (χ4n) is 3.51. The SMILES string of the molecule is O=C1COc2cc(C(=O)Nc3ccc(N4CCc5sccc5C4)nc3)ccc2N1. The van der Waals surface area contributed by atoms with E-state index in [0.717, 1.165) is 25.3 Å². The zero-order chi connectivity index (χ0) is 19.8. The van der Waals surface area contributed by atoms with Gasteiger partial charge in [-0.1, -0.05) is 0 Å². The van der Waals surface area contributed by atoms with Crippen LogP contribution in [-0.4, -0.2) is 29.9 Å². The summed E-state index contributed by atoms with van der Waals surface area (Å²) in [5.74, 6) is 0.926. The molecule has 7 nitrogen and oxygen atoms in total. The van der Waals surface area contributed by atoms with Crippen molar-refractivity contribution in [2.75, 3.05) is 28.7 Å². The van der Waals surface area contributed by atoms with Gasteiger partial charge in [0.05, 0.1) is 17.6 Å². The first-order valence-corrected chi connectivity index (χ1v) is 10.2. The number of amides is 2. The van der Waals surface area contributed by atoms with E-state index in [-0.39, 0.29) is 18.4 Å². The van der Waals surface area contributed by atoms with Gasteiger partial charge in [-0.3, -0.25) is 9.59 Å². The van der Waals surface area contributed by atoms with Crippen LogP contribution in [0.25, 0.3) is 0 Å². The fraction of sp³-hybridized carbons (Fsp3) is 0.190. The number of benzene rings is 1. The Labute approximate surface area is 171 Å². The Kier molecular flexibility index (Phi) is 4.40. The minimum Gasteiger partial charge on any atom is -0.482 e. The van der Waals surface area contributed by atoms with Crippen LogP contribution in [0.2, 0.25) is 0 Å². The molecule has 8 heteroatoms. The van der Waals surface area contributed by atoms with Gasteiger partial charge in [-0.25, -0.2) is 4.98 Å². The fourth-order valence-corrected chi connectivity index (χ4v) is 4.40. The Hall–Kier alpha value is -3.39. The summed E-state index contributed by atoms with van der Waals surface area (Å²) in [4.78, 5) is 32.1. The highest BCUT2D eigenvalue weighted by Gasteiger charge is 2.19. The summed E-state index contributed by atoms with van der Waals surface area (Å²) in [6.07, 6.45) is 2.71. The largest absolute Gasteiger partial charge is 0.482 e. The first-order chi connectivity index (χ1) is 14.2. The number of hydrogen-bond acceptors (Lipinski definition) is 6. The summed E-state index contributed by atoms with van der Waals surface area (Å²) in [5.41, 5.74) is 3.01. The van der Waals surface area contributed by atoms with E-state index >= 15 is 0 Å². The molecule has 2 aromatic heterocycles. The minimum atomic E-state index is -0.260. The highest BCUT2D eigenvalue weighted by Crippen LogP contribution is 2.29. The lowest BCUT2D eigenvalue weighted by atomic mass is 10.1. The first-order valence-electron chi connectivity index (χ1n) is 9.30. The van der Waals surface area contributed by atoms with Gasteiger partial charge in [-0.2, -0.15) is 0 Å². The lowest BCUT2D eigenvalue weighted by molar-refractivity contribution is -0.118. The van der Waals surface area contributed by atoms with Gasteiger partial charge < -0.3 is 20.3 Å². The van der Waals surface area contributed by atoms with Crippen molar-refractivity contribution < 1.29 is 14.3 Å². The number of anilines is 3. The number of pyridine rings is 1. The average Bonchev–Trinajstić information content (AvgIpc) is 3.22. The average molecular weight is 406 g/mol. The van der Waals surface area contributed by atoms with E-state index < -0.39 is 0 Å². The van der Waals surface area contributed by atoms with Gasteiger partial charge in [-0.05, 0) is 53.8 Å². The van der Waals surface area contributed by atoms with Crippen LogP contribution in [0, 0.1) is 0 Å². The summed E-state index contributed by atoms with van der Waals surface area (Å²) >= 11 is 1.81. The maximum atomic E-state index is 12.6. The van der Waals surface area contributed by atoms with Crippen molar-refractivity contribution in [2.45, 2.75) is 13.0 Å². The number of carbonyl (C=O) groups is 2. The van der Waals surface area contributed by atoms with Crippen LogP contribution in [0.5, 0.6) is 5.75 Å². The maximum absolute atomic E-state index is 12.6. The molecule has 29 heavy (non-hydrogen) atoms. The maximum Gasteiger partial charge on any atom is 0.262 e. The van der Waals surface area contributed by atoms with Crippen molar-refractivity contribution in [1.82, 2.24) is 4.98 Å². The van der Waals surface area contributed by atoms with E-state index in [2.05, 4.69) is 32.0 Å². The molecule has 0 fully saturated rings. The number of aromatic nitrogens is 1. The van der Waals surface area contributed by atoms with Crippen LogP contribution in [0.4, 0.5) is 17.2 Å². The summed E-state index contributed by atoms with van der Waals surface area (Å²) in [5, 5.41) is 7.70. The van der Waals surface area contributed by atoms with Gasteiger partial charge in [-0.15, -0.1) is 11.3 Å². The van der Waals surface area contributed by atoms with Gasteiger partial charge in [0.25, 0.3) is 11.8 Å². The third-order valence-electron chi connectivity index (χ3n) is 5.01. The molecule has 0 saturated carbocycles. The summed E-state index contributed by atoms with van der Waals surface area (Å²) < 4.78 is 5.37. The molecule has 0 spiro atoms. The molecule has 0 unspecified atom stereocenters. The quantitative estimate of drug-likeness (QED) is 0.697. The molecule has 0 radical (unpaired) electrons. The number of nitrogens with zero attached hydrogens (tertiary/aromatic N) is 2. The lowest BCUT2D eigenvalue weighted by Gasteiger charge is -2.28. The van der Waals surface area contributed by atoms with E-state index in [1.54, 1.807) is 24.4 Å². The molecule has 2 aliphatic heterocycles. The van der Waals surface area contributed by atoms with E-state index in [1.807, 2.05) is 23.5 Å². The summed E-state index contributed by atoms with van der Waals surface area (Å²) in [7, 11) is 0. The molecular formula is C21H18N4O3S. The van der Waals surface area contributed by atoms with Gasteiger partial charge in [0.2, 0.25) is 0 Å². The molecule has 4 heterocycles. The number of fused-ring (bicyclic) bond motifs is 2. The molecule has 0 saturated heterocycles. The van der Waals surface area contributed by atoms with Crippen LogP contribution in [0.1, 0.15) is 20.8 Å². The number of carbonyl (C=O) groups excluding carboxylic acids is 2. The van der Waals surface area contributed by atoms with Crippen LogP contribution in [-0.2, 0) is 17.8 Å². The van der Waals surface area contributed by atoms with E-state index in [1.165, 1.54) is 10.4 Å². The Balaban J connectivity index is 1.26. The zero-order valence-corrected chi connectivity index (χ0v) is 16.3. The molecule has 2 aliphatic rings. The normalized spacial score (nSPS) is 15.0. The molecular weight excluding hydrogens is 388 g/mol. The van der Waals surface area contributed by atoms with Crippen molar-refractivity contribution in [3.05, 3.63) is 64.0 Å². The molecule has 3 aromatic rings. The van der Waals surface area contributed by atoms with Gasteiger partial charge >= 0.3 is 0 Å². The minimum absolute atomic E-state index is 0.0488. The second-order valence-electron chi connectivity index (χ2n) is 6.95. The van der Waals surface area contributed by atoms with Crippen molar-refractivity contribution in [1.29, 1.82) is 0 Å². The molecule has 5 rings (SSSR count). The third-order valence-corrected chi connectivity index (χ3v) is 6.04. The number of rotatable bonds is 3.